The fourth-order valence-corrected chi connectivity index (χ4v) is 3.08. The molecule has 5 nitrogen and oxygen atoms in total. The third kappa shape index (κ3) is 4.36. The number of carbonyl (C=O) groups excluding carboxylic acids is 1. The lowest BCUT2D eigenvalue weighted by molar-refractivity contribution is -0.119. The molecule has 0 aliphatic heterocycles. The SMILES string of the molecule is Cc1cc(F)ccc1S(N)(=O)=NC(=O)[C@@H](N)CC(C)C. The first kappa shape index (κ1) is 16.7. The van der Waals surface area contributed by atoms with Crippen LogP contribution in [-0.2, 0) is 14.7 Å². The Morgan fingerprint density at radius 2 is 2.05 bits per heavy atom. The Hall–Kier alpha value is -1.31. The second kappa shape index (κ2) is 6.43. The molecule has 0 fully saturated rings. The van der Waals surface area contributed by atoms with Crippen molar-refractivity contribution in [2.75, 3.05) is 0 Å². The highest BCUT2D eigenvalue weighted by Gasteiger charge is 2.19. The van der Waals surface area contributed by atoms with Crippen molar-refractivity contribution in [3.8, 4) is 0 Å². The number of amides is 1. The molecule has 0 aliphatic carbocycles. The summed E-state index contributed by atoms with van der Waals surface area (Å²) in [5, 5.41) is 5.62. The Balaban J connectivity index is 3.12. The van der Waals surface area contributed by atoms with Crippen molar-refractivity contribution in [2.45, 2.75) is 38.1 Å². The summed E-state index contributed by atoms with van der Waals surface area (Å²) in [5.74, 6) is -0.954. The van der Waals surface area contributed by atoms with Gasteiger partial charge in [-0.15, -0.1) is 4.36 Å². The van der Waals surface area contributed by atoms with E-state index in [1.165, 1.54) is 12.1 Å². The zero-order chi connectivity index (χ0) is 15.5. The van der Waals surface area contributed by atoms with Gasteiger partial charge in [0.2, 0.25) is 0 Å². The van der Waals surface area contributed by atoms with Gasteiger partial charge in [-0.2, -0.15) is 0 Å². The molecule has 0 saturated heterocycles. The minimum Gasteiger partial charge on any atom is -0.320 e. The highest BCUT2D eigenvalue weighted by atomic mass is 32.2. The van der Waals surface area contributed by atoms with Gasteiger partial charge in [0.1, 0.15) is 15.7 Å². The van der Waals surface area contributed by atoms with Crippen LogP contribution >= 0.6 is 0 Å². The number of halogens is 1. The van der Waals surface area contributed by atoms with E-state index < -0.39 is 27.7 Å². The van der Waals surface area contributed by atoms with Crippen LogP contribution in [0.5, 0.6) is 0 Å². The molecule has 1 rings (SSSR count). The van der Waals surface area contributed by atoms with E-state index in [1.54, 1.807) is 6.92 Å². The molecule has 0 aromatic heterocycles. The fourth-order valence-electron chi connectivity index (χ4n) is 1.80. The molecular formula is C13H20FN3O2S. The van der Waals surface area contributed by atoms with E-state index in [0.717, 1.165) is 6.07 Å². The molecule has 20 heavy (non-hydrogen) atoms. The van der Waals surface area contributed by atoms with E-state index in [2.05, 4.69) is 4.36 Å². The predicted molar refractivity (Wildman–Crippen MR) is 76.6 cm³/mol. The van der Waals surface area contributed by atoms with Crippen LogP contribution in [0.3, 0.4) is 0 Å². The molecule has 1 amide bonds. The minimum absolute atomic E-state index is 0.143. The first-order chi connectivity index (χ1) is 9.13. The van der Waals surface area contributed by atoms with E-state index in [0.29, 0.717) is 12.0 Å². The van der Waals surface area contributed by atoms with Crippen molar-refractivity contribution in [3.05, 3.63) is 29.6 Å². The van der Waals surface area contributed by atoms with Gasteiger partial charge in [-0.3, -0.25) is 4.79 Å². The van der Waals surface area contributed by atoms with Crippen molar-refractivity contribution in [1.82, 2.24) is 0 Å². The number of nitrogens with zero attached hydrogens (tertiary/aromatic N) is 1. The lowest BCUT2D eigenvalue weighted by atomic mass is 10.0. The highest BCUT2D eigenvalue weighted by molar-refractivity contribution is 7.91. The van der Waals surface area contributed by atoms with Crippen LogP contribution in [0.15, 0.2) is 27.5 Å². The van der Waals surface area contributed by atoms with Crippen LogP contribution in [0.25, 0.3) is 0 Å². The van der Waals surface area contributed by atoms with E-state index in [-0.39, 0.29) is 10.8 Å². The molecule has 0 bridgehead atoms. The summed E-state index contributed by atoms with van der Waals surface area (Å²) in [6.07, 6.45) is 0.431. The van der Waals surface area contributed by atoms with Crippen LogP contribution in [0, 0.1) is 18.7 Å². The molecule has 112 valence electrons. The van der Waals surface area contributed by atoms with Gasteiger partial charge in [0, 0.05) is 0 Å². The molecule has 1 aromatic rings. The average molecular weight is 301 g/mol. The Morgan fingerprint density at radius 1 is 1.45 bits per heavy atom. The Morgan fingerprint density at radius 3 is 2.55 bits per heavy atom. The molecular weight excluding hydrogens is 281 g/mol. The molecule has 0 spiro atoms. The number of nitrogens with two attached hydrogens (primary N) is 2. The van der Waals surface area contributed by atoms with E-state index >= 15 is 0 Å². The molecule has 2 atom stereocenters. The summed E-state index contributed by atoms with van der Waals surface area (Å²) in [6, 6.07) is 2.76. The number of hydrogen-bond donors (Lipinski definition) is 2. The van der Waals surface area contributed by atoms with Crippen LogP contribution < -0.4 is 10.9 Å². The van der Waals surface area contributed by atoms with Crippen molar-refractivity contribution in [2.24, 2.45) is 21.2 Å². The zero-order valence-electron chi connectivity index (χ0n) is 11.8. The summed E-state index contributed by atoms with van der Waals surface area (Å²) in [4.78, 5) is 12.0. The van der Waals surface area contributed by atoms with Gasteiger partial charge >= 0.3 is 0 Å². The number of carbonyl (C=O) groups is 1. The fraction of sp³-hybridized carbons (Fsp3) is 0.462. The van der Waals surface area contributed by atoms with Gasteiger partial charge in [0.15, 0.2) is 0 Å². The Labute approximate surface area is 118 Å². The molecule has 0 heterocycles. The van der Waals surface area contributed by atoms with Crippen molar-refractivity contribution in [1.29, 1.82) is 0 Å². The van der Waals surface area contributed by atoms with Gasteiger partial charge in [-0.1, -0.05) is 13.8 Å². The van der Waals surface area contributed by atoms with Crippen molar-refractivity contribution < 1.29 is 13.4 Å². The molecule has 1 aromatic carbocycles. The molecule has 0 aliphatic rings. The largest absolute Gasteiger partial charge is 0.320 e. The Kier molecular flexibility index (Phi) is 5.38. The van der Waals surface area contributed by atoms with Crippen LogP contribution in [0.1, 0.15) is 25.8 Å². The third-order valence-corrected chi connectivity index (χ3v) is 4.26. The van der Waals surface area contributed by atoms with Gasteiger partial charge < -0.3 is 5.73 Å². The number of rotatable bonds is 4. The number of benzene rings is 1. The summed E-state index contributed by atoms with van der Waals surface area (Å²) >= 11 is 0. The molecule has 0 saturated carbocycles. The summed E-state index contributed by atoms with van der Waals surface area (Å²) in [6.45, 7) is 5.38. The molecule has 4 N–H and O–H groups in total. The maximum atomic E-state index is 13.0. The van der Waals surface area contributed by atoms with E-state index in [9.17, 15) is 13.4 Å². The predicted octanol–water partition coefficient (Wildman–Crippen LogP) is 1.73. The summed E-state index contributed by atoms with van der Waals surface area (Å²) < 4.78 is 28.9. The smallest absolute Gasteiger partial charge is 0.271 e. The minimum atomic E-state index is -3.41. The summed E-state index contributed by atoms with van der Waals surface area (Å²) in [5.41, 5.74) is 6.06. The maximum Gasteiger partial charge on any atom is 0.271 e. The molecule has 1 unspecified atom stereocenters. The van der Waals surface area contributed by atoms with Crippen molar-refractivity contribution >= 4 is 15.8 Å². The highest BCUT2D eigenvalue weighted by Crippen LogP contribution is 2.17. The molecule has 0 radical (unpaired) electrons. The van der Waals surface area contributed by atoms with Gasteiger partial charge in [-0.25, -0.2) is 13.7 Å². The average Bonchev–Trinajstić information content (AvgIpc) is 2.26. The monoisotopic (exact) mass is 301 g/mol. The number of hydrogen-bond acceptors (Lipinski definition) is 3. The first-order valence-electron chi connectivity index (χ1n) is 6.24. The first-order valence-corrected chi connectivity index (χ1v) is 7.82. The van der Waals surface area contributed by atoms with Crippen LogP contribution in [-0.4, -0.2) is 16.2 Å². The van der Waals surface area contributed by atoms with Gasteiger partial charge in [0.25, 0.3) is 5.91 Å². The van der Waals surface area contributed by atoms with Crippen LogP contribution in [0.2, 0.25) is 0 Å². The second-order valence-corrected chi connectivity index (χ2v) is 6.90. The van der Waals surface area contributed by atoms with Gasteiger partial charge in [0.05, 0.1) is 10.9 Å². The number of aryl methyl sites for hydroxylation is 1. The van der Waals surface area contributed by atoms with Crippen molar-refractivity contribution in [3.63, 3.8) is 0 Å². The van der Waals surface area contributed by atoms with E-state index in [1.807, 2.05) is 13.8 Å². The summed E-state index contributed by atoms with van der Waals surface area (Å²) in [7, 11) is -3.41. The standard InChI is InChI=1S/C13H20FN3O2S/c1-8(2)6-11(15)13(18)17-20(16,19)12-5-4-10(14)7-9(12)3/h4-5,7-8,11H,6,15H2,1-3H3,(H2,16,17,18,19)/t11-,20?/m0/s1. The molecule has 7 heteroatoms. The maximum absolute atomic E-state index is 13.0. The van der Waals surface area contributed by atoms with Crippen LogP contribution in [0.4, 0.5) is 4.39 Å². The topological polar surface area (TPSA) is 98.5 Å². The zero-order valence-corrected chi connectivity index (χ0v) is 12.6. The lowest BCUT2D eigenvalue weighted by Crippen LogP contribution is -2.32. The quantitative estimate of drug-likeness (QED) is 0.886. The van der Waals surface area contributed by atoms with E-state index in [4.69, 9.17) is 10.9 Å². The third-order valence-electron chi connectivity index (χ3n) is 2.72. The Bertz CT molecular complexity index is 622. The second-order valence-electron chi connectivity index (χ2n) is 5.14. The lowest BCUT2D eigenvalue weighted by Gasteiger charge is -2.12. The normalized spacial score (nSPS) is 15.8. The van der Waals surface area contributed by atoms with Gasteiger partial charge in [-0.05, 0) is 43.0 Å².